The molecule has 0 bridgehead atoms. The summed E-state index contributed by atoms with van der Waals surface area (Å²) in [5.41, 5.74) is 10.1. The van der Waals surface area contributed by atoms with Gasteiger partial charge in [-0.3, -0.25) is 4.79 Å². The molecular weight excluding hydrogens is 368 g/mol. The maximum atomic E-state index is 12.8. The van der Waals surface area contributed by atoms with Gasteiger partial charge in [-0.2, -0.15) is 4.99 Å². The lowest BCUT2D eigenvalue weighted by Crippen LogP contribution is -2.27. The summed E-state index contributed by atoms with van der Waals surface area (Å²) in [5.74, 6) is -1.40. The van der Waals surface area contributed by atoms with Crippen molar-refractivity contribution in [2.75, 3.05) is 0 Å². The number of guanidine groups is 1. The van der Waals surface area contributed by atoms with Crippen LogP contribution in [0.3, 0.4) is 0 Å². The molecule has 0 radical (unpaired) electrons. The van der Waals surface area contributed by atoms with Crippen molar-refractivity contribution in [1.82, 2.24) is 0 Å². The number of benzene rings is 1. The van der Waals surface area contributed by atoms with Gasteiger partial charge in [0.15, 0.2) is 15.8 Å². The number of rotatable bonds is 4. The topological polar surface area (TPSA) is 176 Å². The molecule has 1 saturated carbocycles. The zero-order valence-corrected chi connectivity index (χ0v) is 15.0. The lowest BCUT2D eigenvalue weighted by Gasteiger charge is -2.22. The van der Waals surface area contributed by atoms with Crippen LogP contribution < -0.4 is 16.6 Å². The van der Waals surface area contributed by atoms with E-state index in [1.54, 1.807) is 0 Å². The van der Waals surface area contributed by atoms with Crippen molar-refractivity contribution in [2.24, 2.45) is 21.6 Å². The Bertz CT molecular complexity index is 913. The van der Waals surface area contributed by atoms with Crippen LogP contribution in [-0.2, 0) is 19.9 Å². The average molecular weight is 388 g/mol. The third-order valence-electron chi connectivity index (χ3n) is 4.03. The summed E-state index contributed by atoms with van der Waals surface area (Å²) in [6.07, 6.45) is 3.38. The number of sulfonamides is 1. The molecule has 0 atom stereocenters. The van der Waals surface area contributed by atoms with E-state index < -0.39 is 46.8 Å². The van der Waals surface area contributed by atoms with Crippen LogP contribution in [0, 0.1) is 0 Å². The van der Waals surface area contributed by atoms with Gasteiger partial charge in [0, 0.05) is 5.56 Å². The summed E-state index contributed by atoms with van der Waals surface area (Å²) >= 11 is 0. The first-order valence-corrected chi connectivity index (χ1v) is 10.7. The van der Waals surface area contributed by atoms with Crippen LogP contribution in [0.1, 0.15) is 42.5 Å². The summed E-state index contributed by atoms with van der Waals surface area (Å²) in [6.45, 7) is 0. The predicted molar refractivity (Wildman–Crippen MR) is 92.0 cm³/mol. The molecule has 0 unspecified atom stereocenters. The first kappa shape index (κ1) is 19.3. The van der Waals surface area contributed by atoms with Crippen LogP contribution in [0.5, 0.6) is 0 Å². The second-order valence-corrected chi connectivity index (χ2v) is 9.58. The SMILES string of the molecule is NC(N)=NC(=O)c1ccc(S(=O)(=O)C2CCCCC2)c(S(N)(=O)=O)c1. The van der Waals surface area contributed by atoms with E-state index in [1.165, 1.54) is 6.07 Å². The number of aliphatic imine (C=N–C) groups is 1. The van der Waals surface area contributed by atoms with Crippen LogP contribution >= 0.6 is 0 Å². The zero-order valence-electron chi connectivity index (χ0n) is 13.4. The largest absolute Gasteiger partial charge is 0.370 e. The van der Waals surface area contributed by atoms with Gasteiger partial charge in [-0.05, 0) is 31.0 Å². The number of sulfone groups is 1. The van der Waals surface area contributed by atoms with E-state index in [2.05, 4.69) is 4.99 Å². The van der Waals surface area contributed by atoms with Crippen molar-refractivity contribution in [3.63, 3.8) is 0 Å². The molecule has 25 heavy (non-hydrogen) atoms. The molecule has 9 nitrogen and oxygen atoms in total. The van der Waals surface area contributed by atoms with E-state index in [0.717, 1.165) is 31.4 Å². The molecule has 0 aromatic heterocycles. The second kappa shape index (κ2) is 7.10. The molecule has 1 amide bonds. The number of primary sulfonamides is 1. The molecule has 0 aliphatic heterocycles. The average Bonchev–Trinajstić information content (AvgIpc) is 2.53. The molecule has 0 spiro atoms. The lowest BCUT2D eigenvalue weighted by molar-refractivity contribution is 0.100. The van der Waals surface area contributed by atoms with E-state index in [-0.39, 0.29) is 5.56 Å². The van der Waals surface area contributed by atoms with Crippen molar-refractivity contribution in [2.45, 2.75) is 47.1 Å². The Balaban J connectivity index is 2.59. The van der Waals surface area contributed by atoms with E-state index in [4.69, 9.17) is 16.6 Å². The second-order valence-electron chi connectivity index (χ2n) is 5.85. The standard InChI is InChI=1S/C14H20N4O5S2/c15-14(16)18-13(19)9-6-7-11(12(8-9)25(17,22)23)24(20,21)10-4-2-1-3-5-10/h6-8,10H,1-5H2,(H2,17,22,23)(H4,15,16,18,19). The van der Waals surface area contributed by atoms with Crippen LogP contribution in [0.25, 0.3) is 0 Å². The van der Waals surface area contributed by atoms with E-state index >= 15 is 0 Å². The Hall–Kier alpha value is -1.98. The van der Waals surface area contributed by atoms with E-state index in [9.17, 15) is 21.6 Å². The minimum Gasteiger partial charge on any atom is -0.370 e. The molecule has 1 aliphatic rings. The first-order valence-electron chi connectivity index (χ1n) is 7.58. The summed E-state index contributed by atoms with van der Waals surface area (Å²) in [4.78, 5) is 14.1. The van der Waals surface area contributed by atoms with Crippen molar-refractivity contribution in [3.8, 4) is 0 Å². The number of carbonyl (C=O) groups is 1. The highest BCUT2D eigenvalue weighted by Crippen LogP contribution is 2.32. The summed E-state index contributed by atoms with van der Waals surface area (Å²) in [5, 5.41) is 4.50. The minimum atomic E-state index is -4.38. The van der Waals surface area contributed by atoms with Gasteiger partial charge >= 0.3 is 0 Å². The summed E-state index contributed by atoms with van der Waals surface area (Å²) in [6, 6.07) is 3.12. The van der Waals surface area contributed by atoms with Gasteiger partial charge in [-0.25, -0.2) is 22.0 Å². The van der Waals surface area contributed by atoms with Gasteiger partial charge < -0.3 is 11.5 Å². The van der Waals surface area contributed by atoms with Gasteiger partial charge in [-0.15, -0.1) is 0 Å². The number of carbonyl (C=O) groups excluding carboxylic acids is 1. The number of nitrogens with two attached hydrogens (primary N) is 3. The molecule has 0 saturated heterocycles. The molecule has 6 N–H and O–H groups in total. The lowest BCUT2D eigenvalue weighted by atomic mass is 10.0. The highest BCUT2D eigenvalue weighted by Gasteiger charge is 2.33. The molecule has 2 rings (SSSR count). The normalized spacial score (nSPS) is 16.4. The van der Waals surface area contributed by atoms with Gasteiger partial charge in [0.25, 0.3) is 5.91 Å². The fourth-order valence-corrected chi connectivity index (χ4v) is 6.08. The van der Waals surface area contributed by atoms with Crippen molar-refractivity contribution < 1.29 is 21.6 Å². The molecule has 0 heterocycles. The predicted octanol–water partition coefficient (Wildman–Crippen LogP) is -0.146. The summed E-state index contributed by atoms with van der Waals surface area (Å²) < 4.78 is 49.5. The molecule has 1 aromatic rings. The molecule has 1 aromatic carbocycles. The fraction of sp³-hybridized carbons (Fsp3) is 0.429. The fourth-order valence-electron chi connectivity index (χ4n) is 2.84. The third kappa shape index (κ3) is 4.35. The minimum absolute atomic E-state index is 0.181. The van der Waals surface area contributed by atoms with E-state index in [1.807, 2.05) is 0 Å². The molecule has 11 heteroatoms. The molecule has 1 fully saturated rings. The van der Waals surface area contributed by atoms with Gasteiger partial charge in [0.05, 0.1) is 10.1 Å². The van der Waals surface area contributed by atoms with Crippen molar-refractivity contribution >= 4 is 31.7 Å². The molecule has 1 aliphatic carbocycles. The monoisotopic (exact) mass is 388 g/mol. The van der Waals surface area contributed by atoms with E-state index in [0.29, 0.717) is 12.8 Å². The highest BCUT2D eigenvalue weighted by molar-refractivity contribution is 7.94. The number of amides is 1. The van der Waals surface area contributed by atoms with Gasteiger partial charge in [0.1, 0.15) is 4.90 Å². The van der Waals surface area contributed by atoms with Crippen molar-refractivity contribution in [1.29, 1.82) is 0 Å². The number of hydrogen-bond acceptors (Lipinski definition) is 5. The maximum absolute atomic E-state index is 12.8. The number of nitrogens with zero attached hydrogens (tertiary/aromatic N) is 1. The van der Waals surface area contributed by atoms with Crippen LogP contribution in [0.15, 0.2) is 33.0 Å². The highest BCUT2D eigenvalue weighted by atomic mass is 32.2. The van der Waals surface area contributed by atoms with Gasteiger partial charge in [0.2, 0.25) is 10.0 Å². The first-order chi connectivity index (χ1) is 11.5. The maximum Gasteiger partial charge on any atom is 0.280 e. The Kier molecular flexibility index (Phi) is 5.49. The Morgan fingerprint density at radius 3 is 2.12 bits per heavy atom. The number of hydrogen-bond donors (Lipinski definition) is 3. The van der Waals surface area contributed by atoms with Crippen LogP contribution in [0.2, 0.25) is 0 Å². The Morgan fingerprint density at radius 1 is 1.00 bits per heavy atom. The molecular formula is C14H20N4O5S2. The molecule has 138 valence electrons. The summed E-state index contributed by atoms with van der Waals surface area (Å²) in [7, 11) is -8.28. The quantitative estimate of drug-likeness (QED) is 0.474. The zero-order chi connectivity index (χ0) is 18.8. The van der Waals surface area contributed by atoms with Crippen LogP contribution in [0.4, 0.5) is 0 Å². The third-order valence-corrected chi connectivity index (χ3v) is 7.42. The smallest absolute Gasteiger partial charge is 0.280 e. The van der Waals surface area contributed by atoms with Crippen LogP contribution in [-0.4, -0.2) is 34.0 Å². The van der Waals surface area contributed by atoms with Gasteiger partial charge in [-0.1, -0.05) is 19.3 Å². The Labute approximate surface area is 146 Å². The Morgan fingerprint density at radius 2 is 1.60 bits per heavy atom. The van der Waals surface area contributed by atoms with Crippen molar-refractivity contribution in [3.05, 3.63) is 23.8 Å².